The summed E-state index contributed by atoms with van der Waals surface area (Å²) in [6.45, 7) is 0.742. The van der Waals surface area contributed by atoms with Gasteiger partial charge in [0.2, 0.25) is 0 Å². The summed E-state index contributed by atoms with van der Waals surface area (Å²) >= 11 is 5.88. The number of carbonyl (C=O) groups excluding carboxylic acids is 1. The predicted molar refractivity (Wildman–Crippen MR) is 79.4 cm³/mol. The zero-order valence-corrected chi connectivity index (χ0v) is 11.6. The molecule has 0 saturated carbocycles. The molecule has 0 saturated heterocycles. The highest BCUT2D eigenvalue weighted by Gasteiger charge is 2.24. The zero-order chi connectivity index (χ0) is 13.9. The summed E-state index contributed by atoms with van der Waals surface area (Å²) < 4.78 is 5.50. The Labute approximate surface area is 122 Å². The van der Waals surface area contributed by atoms with Crippen LogP contribution < -0.4 is 9.64 Å². The second-order valence-electron chi connectivity index (χ2n) is 4.67. The van der Waals surface area contributed by atoms with E-state index in [1.165, 1.54) is 5.56 Å². The van der Waals surface area contributed by atoms with Gasteiger partial charge in [-0.25, -0.2) is 0 Å². The van der Waals surface area contributed by atoms with Crippen LogP contribution in [0.2, 0.25) is 5.02 Å². The molecule has 20 heavy (non-hydrogen) atoms. The molecular weight excluding hydrogens is 274 g/mol. The van der Waals surface area contributed by atoms with Crippen LogP contribution in [-0.2, 0) is 11.2 Å². The minimum Gasteiger partial charge on any atom is -0.484 e. The average Bonchev–Trinajstić information content (AvgIpc) is 2.89. The number of benzene rings is 2. The van der Waals surface area contributed by atoms with E-state index in [1.807, 2.05) is 18.2 Å². The SMILES string of the molecule is O=C(COc1cccc(Cl)c1)N1CCc2ccccc21. The van der Waals surface area contributed by atoms with Gasteiger partial charge < -0.3 is 9.64 Å². The number of halogens is 1. The quantitative estimate of drug-likeness (QED) is 0.867. The van der Waals surface area contributed by atoms with Crippen LogP contribution in [0.25, 0.3) is 0 Å². The van der Waals surface area contributed by atoms with E-state index in [1.54, 1.807) is 29.2 Å². The summed E-state index contributed by atoms with van der Waals surface area (Å²) in [6.07, 6.45) is 0.902. The van der Waals surface area contributed by atoms with Crippen molar-refractivity contribution in [3.63, 3.8) is 0 Å². The molecule has 3 nitrogen and oxygen atoms in total. The Morgan fingerprint density at radius 3 is 2.90 bits per heavy atom. The molecule has 1 heterocycles. The molecule has 0 unspecified atom stereocenters. The van der Waals surface area contributed by atoms with E-state index in [4.69, 9.17) is 16.3 Å². The minimum atomic E-state index is -0.0325. The highest BCUT2D eigenvalue weighted by molar-refractivity contribution is 6.30. The molecule has 102 valence electrons. The van der Waals surface area contributed by atoms with Crippen LogP contribution in [-0.4, -0.2) is 19.1 Å². The summed E-state index contributed by atoms with van der Waals surface area (Å²) in [4.78, 5) is 14.0. The van der Waals surface area contributed by atoms with E-state index in [-0.39, 0.29) is 12.5 Å². The molecule has 0 aromatic heterocycles. The third-order valence-corrected chi connectivity index (χ3v) is 3.58. The summed E-state index contributed by atoms with van der Waals surface area (Å²) in [5.41, 5.74) is 2.20. The Balaban J connectivity index is 1.66. The Kier molecular flexibility index (Phi) is 3.61. The second kappa shape index (κ2) is 5.55. The highest BCUT2D eigenvalue weighted by atomic mass is 35.5. The van der Waals surface area contributed by atoms with Crippen LogP contribution in [0.4, 0.5) is 5.69 Å². The number of para-hydroxylation sites is 1. The first-order valence-corrected chi connectivity index (χ1v) is 6.88. The van der Waals surface area contributed by atoms with Crippen LogP contribution >= 0.6 is 11.6 Å². The van der Waals surface area contributed by atoms with Gasteiger partial charge in [-0.3, -0.25) is 4.79 Å². The van der Waals surface area contributed by atoms with Crippen molar-refractivity contribution in [3.8, 4) is 5.75 Å². The molecule has 4 heteroatoms. The molecule has 3 rings (SSSR count). The molecule has 2 aromatic rings. The van der Waals surface area contributed by atoms with Gasteiger partial charge in [-0.1, -0.05) is 35.9 Å². The van der Waals surface area contributed by atoms with Gasteiger partial charge in [0.05, 0.1) is 0 Å². The predicted octanol–water partition coefficient (Wildman–Crippen LogP) is 3.31. The molecule has 0 radical (unpaired) electrons. The van der Waals surface area contributed by atoms with E-state index in [2.05, 4.69) is 6.07 Å². The monoisotopic (exact) mass is 287 g/mol. The maximum absolute atomic E-state index is 12.2. The van der Waals surface area contributed by atoms with Gasteiger partial charge in [-0.05, 0) is 36.2 Å². The fourth-order valence-corrected chi connectivity index (χ4v) is 2.56. The van der Waals surface area contributed by atoms with E-state index in [9.17, 15) is 4.79 Å². The Morgan fingerprint density at radius 1 is 1.20 bits per heavy atom. The van der Waals surface area contributed by atoms with Gasteiger partial charge in [0.25, 0.3) is 5.91 Å². The molecule has 2 aromatic carbocycles. The van der Waals surface area contributed by atoms with Gasteiger partial charge in [0.1, 0.15) is 5.75 Å². The van der Waals surface area contributed by atoms with Crippen LogP contribution in [0.5, 0.6) is 5.75 Å². The lowest BCUT2D eigenvalue weighted by Gasteiger charge is -2.17. The number of anilines is 1. The molecule has 1 amide bonds. The summed E-state index contributed by atoms with van der Waals surface area (Å²) in [5.74, 6) is 0.577. The molecule has 0 spiro atoms. The van der Waals surface area contributed by atoms with Crippen molar-refractivity contribution in [2.75, 3.05) is 18.1 Å². The smallest absolute Gasteiger partial charge is 0.264 e. The van der Waals surface area contributed by atoms with Gasteiger partial charge in [0.15, 0.2) is 6.61 Å². The molecule has 0 aliphatic carbocycles. The Morgan fingerprint density at radius 2 is 2.05 bits per heavy atom. The summed E-state index contributed by atoms with van der Waals surface area (Å²) in [7, 11) is 0. The van der Waals surface area contributed by atoms with E-state index in [0.717, 1.165) is 18.7 Å². The standard InChI is InChI=1S/C16H14ClNO2/c17-13-5-3-6-14(10-13)20-11-16(19)18-9-8-12-4-1-2-7-15(12)18/h1-7,10H,8-9,11H2. The van der Waals surface area contributed by atoms with Crippen molar-refractivity contribution < 1.29 is 9.53 Å². The third kappa shape index (κ3) is 2.63. The molecule has 0 bridgehead atoms. The summed E-state index contributed by atoms with van der Waals surface area (Å²) in [5, 5.41) is 0.599. The van der Waals surface area contributed by atoms with Crippen molar-refractivity contribution in [3.05, 3.63) is 59.1 Å². The van der Waals surface area contributed by atoms with Gasteiger partial charge in [-0.15, -0.1) is 0 Å². The lowest BCUT2D eigenvalue weighted by Crippen LogP contribution is -2.33. The van der Waals surface area contributed by atoms with Gasteiger partial charge in [-0.2, -0.15) is 0 Å². The first-order chi connectivity index (χ1) is 9.74. The largest absolute Gasteiger partial charge is 0.484 e. The maximum atomic E-state index is 12.2. The minimum absolute atomic E-state index is 0.0225. The number of hydrogen-bond acceptors (Lipinski definition) is 2. The zero-order valence-electron chi connectivity index (χ0n) is 10.9. The first-order valence-electron chi connectivity index (χ1n) is 6.51. The van der Waals surface area contributed by atoms with Gasteiger partial charge >= 0.3 is 0 Å². The Hall–Kier alpha value is -2.00. The molecule has 0 fully saturated rings. The maximum Gasteiger partial charge on any atom is 0.264 e. The number of carbonyl (C=O) groups is 1. The van der Waals surface area contributed by atoms with E-state index >= 15 is 0 Å². The third-order valence-electron chi connectivity index (χ3n) is 3.35. The van der Waals surface area contributed by atoms with Crippen molar-refractivity contribution in [1.82, 2.24) is 0 Å². The molecule has 1 aliphatic rings. The lowest BCUT2D eigenvalue weighted by atomic mass is 10.2. The van der Waals surface area contributed by atoms with Gasteiger partial charge in [0, 0.05) is 17.3 Å². The molecule has 0 N–H and O–H groups in total. The van der Waals surface area contributed by atoms with E-state index in [0.29, 0.717) is 10.8 Å². The normalized spacial score (nSPS) is 13.2. The van der Waals surface area contributed by atoms with Crippen molar-refractivity contribution in [1.29, 1.82) is 0 Å². The van der Waals surface area contributed by atoms with E-state index < -0.39 is 0 Å². The number of amides is 1. The number of fused-ring (bicyclic) bond motifs is 1. The van der Waals surface area contributed by atoms with Crippen molar-refractivity contribution >= 4 is 23.2 Å². The number of rotatable bonds is 3. The molecule has 1 aliphatic heterocycles. The van der Waals surface area contributed by atoms with Crippen molar-refractivity contribution in [2.24, 2.45) is 0 Å². The molecular formula is C16H14ClNO2. The summed E-state index contributed by atoms with van der Waals surface area (Å²) in [6, 6.07) is 15.0. The average molecular weight is 288 g/mol. The van der Waals surface area contributed by atoms with Crippen LogP contribution in [0.1, 0.15) is 5.56 Å². The van der Waals surface area contributed by atoms with Crippen LogP contribution in [0, 0.1) is 0 Å². The second-order valence-corrected chi connectivity index (χ2v) is 5.11. The highest BCUT2D eigenvalue weighted by Crippen LogP contribution is 2.27. The van der Waals surface area contributed by atoms with Crippen LogP contribution in [0.3, 0.4) is 0 Å². The fourth-order valence-electron chi connectivity index (χ4n) is 2.38. The Bertz CT molecular complexity index is 642. The topological polar surface area (TPSA) is 29.5 Å². The molecule has 0 atom stereocenters. The number of ether oxygens (including phenoxy) is 1. The van der Waals surface area contributed by atoms with Crippen molar-refractivity contribution in [2.45, 2.75) is 6.42 Å². The lowest BCUT2D eigenvalue weighted by molar-refractivity contribution is -0.120. The number of hydrogen-bond donors (Lipinski definition) is 0. The first kappa shape index (κ1) is 13.0. The number of nitrogens with zero attached hydrogens (tertiary/aromatic N) is 1. The fraction of sp³-hybridized carbons (Fsp3) is 0.188. The van der Waals surface area contributed by atoms with Crippen LogP contribution in [0.15, 0.2) is 48.5 Å².